The second kappa shape index (κ2) is 6.98. The van der Waals surface area contributed by atoms with Crippen LogP contribution in [0.5, 0.6) is 5.75 Å². The minimum atomic E-state index is -0.575. The fourth-order valence-corrected chi connectivity index (χ4v) is 2.47. The molecule has 1 atom stereocenters. The lowest BCUT2D eigenvalue weighted by molar-refractivity contribution is -0.128. The molecule has 2 rings (SSSR count). The maximum atomic E-state index is 12.3. The van der Waals surface area contributed by atoms with Crippen molar-refractivity contribution < 1.29 is 9.53 Å². The minimum Gasteiger partial charge on any atom is -0.477 e. The Labute approximate surface area is 125 Å². The van der Waals surface area contributed by atoms with Crippen LogP contribution in [0.25, 0.3) is 0 Å². The third-order valence-corrected chi connectivity index (χ3v) is 3.75. The molecule has 1 aromatic carbocycles. The quantitative estimate of drug-likeness (QED) is 0.842. The van der Waals surface area contributed by atoms with E-state index in [1.165, 1.54) is 0 Å². The molecule has 0 saturated heterocycles. The van der Waals surface area contributed by atoms with Crippen molar-refractivity contribution in [1.29, 1.82) is 5.26 Å². The molecule has 0 radical (unpaired) electrons. The third kappa shape index (κ3) is 3.46. The first kappa shape index (κ1) is 15.2. The van der Waals surface area contributed by atoms with Crippen LogP contribution in [0.15, 0.2) is 24.3 Å². The van der Waals surface area contributed by atoms with Gasteiger partial charge in [0.2, 0.25) is 0 Å². The molecule has 0 fully saturated rings. The molecule has 1 aliphatic rings. The first-order chi connectivity index (χ1) is 10.2. The molecule has 5 heteroatoms. The number of ether oxygens (including phenoxy) is 1. The zero-order chi connectivity index (χ0) is 15.2. The number of hydrogen-bond acceptors (Lipinski definition) is 4. The summed E-state index contributed by atoms with van der Waals surface area (Å²) in [5.74, 6) is 0.546. The molecule has 0 bridgehead atoms. The largest absolute Gasteiger partial charge is 0.477 e. The molecule has 0 saturated carbocycles. The summed E-state index contributed by atoms with van der Waals surface area (Å²) in [7, 11) is 0. The summed E-state index contributed by atoms with van der Waals surface area (Å²) in [6, 6.07) is 9.81. The van der Waals surface area contributed by atoms with Crippen LogP contribution in [0.3, 0.4) is 0 Å². The van der Waals surface area contributed by atoms with E-state index in [4.69, 9.17) is 10.00 Å². The van der Waals surface area contributed by atoms with E-state index in [2.05, 4.69) is 11.4 Å². The summed E-state index contributed by atoms with van der Waals surface area (Å²) in [4.78, 5) is 14.2. The van der Waals surface area contributed by atoms with E-state index in [1.807, 2.05) is 43.0 Å². The monoisotopic (exact) mass is 287 g/mol. The molecule has 0 spiro atoms. The molecule has 21 heavy (non-hydrogen) atoms. The van der Waals surface area contributed by atoms with Gasteiger partial charge in [-0.15, -0.1) is 0 Å². The highest BCUT2D eigenvalue weighted by Crippen LogP contribution is 2.32. The number of fused-ring (bicyclic) bond motifs is 1. The van der Waals surface area contributed by atoms with Gasteiger partial charge in [-0.2, -0.15) is 5.26 Å². The molecular weight excluding hydrogens is 266 g/mol. The van der Waals surface area contributed by atoms with Gasteiger partial charge in [0.05, 0.1) is 18.3 Å². The average Bonchev–Trinajstić information content (AvgIpc) is 2.52. The van der Waals surface area contributed by atoms with Crippen LogP contribution >= 0.6 is 0 Å². The molecule has 0 aliphatic carbocycles. The van der Waals surface area contributed by atoms with E-state index in [0.29, 0.717) is 12.3 Å². The number of nitrogens with zero attached hydrogens (tertiary/aromatic N) is 2. The fourth-order valence-electron chi connectivity index (χ4n) is 2.47. The Hall–Kier alpha value is -2.22. The predicted molar refractivity (Wildman–Crippen MR) is 81.2 cm³/mol. The van der Waals surface area contributed by atoms with E-state index in [1.54, 1.807) is 0 Å². The van der Waals surface area contributed by atoms with Crippen molar-refractivity contribution in [3.63, 3.8) is 0 Å². The van der Waals surface area contributed by atoms with Gasteiger partial charge < -0.3 is 15.0 Å². The number of rotatable bonds is 5. The lowest BCUT2D eigenvalue weighted by Gasteiger charge is -2.34. The van der Waals surface area contributed by atoms with Gasteiger partial charge in [-0.25, -0.2) is 0 Å². The highest BCUT2D eigenvalue weighted by atomic mass is 16.5. The van der Waals surface area contributed by atoms with Crippen LogP contribution < -0.4 is 15.0 Å². The van der Waals surface area contributed by atoms with E-state index in [9.17, 15) is 4.79 Å². The number of anilines is 1. The van der Waals surface area contributed by atoms with Crippen LogP contribution in [-0.2, 0) is 4.79 Å². The molecule has 1 N–H and O–H groups in total. The van der Waals surface area contributed by atoms with Crippen molar-refractivity contribution in [3.05, 3.63) is 24.3 Å². The lowest BCUT2D eigenvalue weighted by Crippen LogP contribution is -2.51. The Bertz CT molecular complexity index is 535. The van der Waals surface area contributed by atoms with Crippen molar-refractivity contribution >= 4 is 11.6 Å². The second-order valence-electron chi connectivity index (χ2n) is 5.13. The van der Waals surface area contributed by atoms with Gasteiger partial charge in [-0.1, -0.05) is 26.0 Å². The Morgan fingerprint density at radius 2 is 2.19 bits per heavy atom. The number of nitriles is 1. The van der Waals surface area contributed by atoms with Crippen LogP contribution in [0.4, 0.5) is 5.69 Å². The molecule has 1 heterocycles. The Kier molecular flexibility index (Phi) is 5.04. The number of carbonyl (C=O) groups is 1. The highest BCUT2D eigenvalue weighted by Gasteiger charge is 2.31. The molecule has 1 aliphatic heterocycles. The van der Waals surface area contributed by atoms with Gasteiger partial charge in [0.15, 0.2) is 6.10 Å². The van der Waals surface area contributed by atoms with Crippen molar-refractivity contribution in [2.45, 2.75) is 38.8 Å². The molecule has 112 valence electrons. The molecule has 5 nitrogen and oxygen atoms in total. The van der Waals surface area contributed by atoms with Gasteiger partial charge in [0.1, 0.15) is 12.3 Å². The summed E-state index contributed by atoms with van der Waals surface area (Å²) < 4.78 is 5.80. The highest BCUT2D eigenvalue weighted by molar-refractivity contribution is 5.83. The number of para-hydroxylation sites is 2. The number of amides is 1. The molecular formula is C16H21N3O2. The van der Waals surface area contributed by atoms with Gasteiger partial charge in [-0.05, 0) is 25.0 Å². The van der Waals surface area contributed by atoms with Gasteiger partial charge in [0, 0.05) is 6.04 Å². The summed E-state index contributed by atoms with van der Waals surface area (Å²) in [5, 5.41) is 12.0. The molecule has 1 amide bonds. The van der Waals surface area contributed by atoms with Crippen molar-refractivity contribution in [1.82, 2.24) is 5.32 Å². The van der Waals surface area contributed by atoms with Crippen molar-refractivity contribution in [2.75, 3.05) is 18.0 Å². The maximum absolute atomic E-state index is 12.3. The SMILES string of the molecule is CCC(CC)NC(=O)[C@H]1CN(CC#N)c2ccccc2O1. The topological polar surface area (TPSA) is 65.4 Å². The number of carbonyl (C=O) groups excluding carboxylic acids is 1. The van der Waals surface area contributed by atoms with Crippen LogP contribution in [-0.4, -0.2) is 31.1 Å². The Morgan fingerprint density at radius 1 is 1.48 bits per heavy atom. The lowest BCUT2D eigenvalue weighted by atomic mass is 10.1. The van der Waals surface area contributed by atoms with Crippen molar-refractivity contribution in [2.24, 2.45) is 0 Å². The molecule has 0 aromatic heterocycles. The number of nitrogens with one attached hydrogen (secondary N) is 1. The van der Waals surface area contributed by atoms with Gasteiger partial charge >= 0.3 is 0 Å². The average molecular weight is 287 g/mol. The van der Waals surface area contributed by atoms with E-state index < -0.39 is 6.10 Å². The summed E-state index contributed by atoms with van der Waals surface area (Å²) in [5.41, 5.74) is 0.866. The normalized spacial score (nSPS) is 16.9. The first-order valence-corrected chi connectivity index (χ1v) is 7.37. The summed E-state index contributed by atoms with van der Waals surface area (Å²) in [6.07, 6.45) is 1.22. The zero-order valence-corrected chi connectivity index (χ0v) is 12.5. The maximum Gasteiger partial charge on any atom is 0.263 e. The zero-order valence-electron chi connectivity index (χ0n) is 12.5. The fraction of sp³-hybridized carbons (Fsp3) is 0.500. The minimum absolute atomic E-state index is 0.110. The van der Waals surface area contributed by atoms with E-state index in [0.717, 1.165) is 18.5 Å². The standard InChI is InChI=1S/C16H21N3O2/c1-3-12(4-2)18-16(20)15-11-19(10-9-17)13-7-5-6-8-14(13)21-15/h5-8,12,15H,3-4,10-11H2,1-2H3,(H,18,20)/t15-/m1/s1. The second-order valence-corrected chi connectivity index (χ2v) is 5.13. The van der Waals surface area contributed by atoms with Crippen LogP contribution in [0.2, 0.25) is 0 Å². The summed E-state index contributed by atoms with van der Waals surface area (Å²) >= 11 is 0. The summed E-state index contributed by atoms with van der Waals surface area (Å²) in [6.45, 7) is 4.74. The Balaban J connectivity index is 2.14. The first-order valence-electron chi connectivity index (χ1n) is 7.37. The third-order valence-electron chi connectivity index (χ3n) is 3.75. The Morgan fingerprint density at radius 3 is 2.86 bits per heavy atom. The van der Waals surface area contributed by atoms with Crippen LogP contribution in [0, 0.1) is 11.3 Å². The molecule has 0 unspecified atom stereocenters. The van der Waals surface area contributed by atoms with E-state index >= 15 is 0 Å². The van der Waals surface area contributed by atoms with E-state index in [-0.39, 0.29) is 18.5 Å². The van der Waals surface area contributed by atoms with Gasteiger partial charge in [0.25, 0.3) is 5.91 Å². The number of hydrogen-bond donors (Lipinski definition) is 1. The number of benzene rings is 1. The van der Waals surface area contributed by atoms with Crippen molar-refractivity contribution in [3.8, 4) is 11.8 Å². The smallest absolute Gasteiger partial charge is 0.263 e. The predicted octanol–water partition coefficient (Wildman–Crippen LogP) is 2.08. The van der Waals surface area contributed by atoms with Gasteiger partial charge in [-0.3, -0.25) is 4.79 Å². The molecule has 1 aromatic rings. The van der Waals surface area contributed by atoms with Crippen LogP contribution in [0.1, 0.15) is 26.7 Å².